The molecule has 0 fully saturated rings. The molecule has 0 aromatic carbocycles. The van der Waals surface area contributed by atoms with E-state index in [0.717, 1.165) is 10.2 Å². The Bertz CT molecular complexity index is 383. The van der Waals surface area contributed by atoms with Crippen molar-refractivity contribution in [3.05, 3.63) is 34.8 Å². The number of hydrogen-bond donors (Lipinski definition) is 2. The maximum absolute atomic E-state index is 4.07. The first kappa shape index (κ1) is 9.14. The molecule has 6 heteroatoms. The molecule has 2 rings (SSSR count). The van der Waals surface area contributed by atoms with Crippen LogP contribution in [0.2, 0.25) is 0 Å². The topological polar surface area (TPSA) is 66.5 Å². The molecule has 0 amide bonds. The van der Waals surface area contributed by atoms with Gasteiger partial charge in [0, 0.05) is 18.6 Å². The highest BCUT2D eigenvalue weighted by molar-refractivity contribution is 9.10. The summed E-state index contributed by atoms with van der Waals surface area (Å²) < 4.78 is 0.865. The molecular formula is C8H8BrN5. The third kappa shape index (κ3) is 2.29. The molecule has 14 heavy (non-hydrogen) atoms. The van der Waals surface area contributed by atoms with Crippen molar-refractivity contribution in [2.24, 2.45) is 0 Å². The predicted molar refractivity (Wildman–Crippen MR) is 55.6 cm³/mol. The quantitative estimate of drug-likeness (QED) is 0.872. The van der Waals surface area contributed by atoms with E-state index in [4.69, 9.17) is 0 Å². The Morgan fingerprint density at radius 1 is 1.36 bits per heavy atom. The summed E-state index contributed by atoms with van der Waals surface area (Å²) >= 11 is 3.27. The smallest absolute Gasteiger partial charge is 0.222 e. The van der Waals surface area contributed by atoms with Gasteiger partial charge in [0.25, 0.3) is 0 Å². The number of aromatic nitrogens is 4. The number of halogens is 1. The van der Waals surface area contributed by atoms with Gasteiger partial charge < -0.3 is 5.32 Å². The first-order chi connectivity index (χ1) is 6.84. The van der Waals surface area contributed by atoms with E-state index in [1.165, 1.54) is 0 Å². The van der Waals surface area contributed by atoms with Crippen LogP contribution in [0.15, 0.2) is 29.1 Å². The van der Waals surface area contributed by atoms with Crippen LogP contribution in [0.25, 0.3) is 0 Å². The van der Waals surface area contributed by atoms with Crippen molar-refractivity contribution < 1.29 is 0 Å². The lowest BCUT2D eigenvalue weighted by Gasteiger charge is -2.01. The fourth-order valence-corrected chi connectivity index (χ4v) is 1.17. The van der Waals surface area contributed by atoms with Gasteiger partial charge in [-0.1, -0.05) is 0 Å². The number of nitrogens with one attached hydrogen (secondary N) is 2. The van der Waals surface area contributed by atoms with Crippen molar-refractivity contribution in [1.29, 1.82) is 0 Å². The molecule has 2 aromatic heterocycles. The zero-order chi connectivity index (χ0) is 9.80. The fourth-order valence-electron chi connectivity index (χ4n) is 0.961. The lowest BCUT2D eigenvalue weighted by Crippen LogP contribution is -2.03. The zero-order valence-electron chi connectivity index (χ0n) is 7.24. The molecule has 72 valence electrons. The summed E-state index contributed by atoms with van der Waals surface area (Å²) in [6.45, 7) is 0.641. The minimum absolute atomic E-state index is 0.600. The van der Waals surface area contributed by atoms with Gasteiger partial charge in [0.2, 0.25) is 5.95 Å². The van der Waals surface area contributed by atoms with Crippen LogP contribution in [0.4, 0.5) is 5.95 Å². The van der Waals surface area contributed by atoms with E-state index in [0.29, 0.717) is 12.5 Å². The van der Waals surface area contributed by atoms with Crippen LogP contribution in [0.3, 0.4) is 0 Å². The van der Waals surface area contributed by atoms with Crippen molar-refractivity contribution in [2.45, 2.75) is 6.54 Å². The summed E-state index contributed by atoms with van der Waals surface area (Å²) in [7, 11) is 0. The molecule has 0 aliphatic heterocycles. The van der Waals surface area contributed by atoms with E-state index in [-0.39, 0.29) is 0 Å². The van der Waals surface area contributed by atoms with E-state index < -0.39 is 0 Å². The maximum atomic E-state index is 4.07. The highest BCUT2D eigenvalue weighted by Gasteiger charge is 1.96. The molecule has 0 saturated heterocycles. The minimum atomic E-state index is 0.600. The molecule has 0 aliphatic carbocycles. The van der Waals surface area contributed by atoms with Crippen molar-refractivity contribution in [1.82, 2.24) is 20.2 Å². The van der Waals surface area contributed by atoms with Crippen LogP contribution in [-0.4, -0.2) is 20.2 Å². The third-order valence-electron chi connectivity index (χ3n) is 1.62. The van der Waals surface area contributed by atoms with E-state index >= 15 is 0 Å². The lowest BCUT2D eigenvalue weighted by molar-refractivity contribution is 0.960. The second kappa shape index (κ2) is 4.19. The van der Waals surface area contributed by atoms with Gasteiger partial charge in [-0.25, -0.2) is 9.97 Å². The van der Waals surface area contributed by atoms with Gasteiger partial charge in [0.1, 0.15) is 0 Å². The van der Waals surface area contributed by atoms with Gasteiger partial charge >= 0.3 is 0 Å². The first-order valence-electron chi connectivity index (χ1n) is 4.04. The highest BCUT2D eigenvalue weighted by Crippen LogP contribution is 2.07. The van der Waals surface area contributed by atoms with E-state index in [2.05, 4.69) is 41.4 Å². The molecule has 0 bridgehead atoms. The van der Waals surface area contributed by atoms with E-state index in [1.807, 2.05) is 6.07 Å². The second-order valence-electron chi connectivity index (χ2n) is 2.66. The SMILES string of the molecule is Brc1cnc(NCc2ccn[nH]2)nc1. The van der Waals surface area contributed by atoms with Gasteiger partial charge in [-0.3, -0.25) is 5.10 Å². The Morgan fingerprint density at radius 3 is 2.79 bits per heavy atom. The molecule has 0 unspecified atom stereocenters. The Balaban J connectivity index is 1.95. The number of nitrogens with zero attached hydrogens (tertiary/aromatic N) is 3. The molecule has 2 N–H and O–H groups in total. The van der Waals surface area contributed by atoms with Gasteiger partial charge in [-0.2, -0.15) is 5.10 Å². The second-order valence-corrected chi connectivity index (χ2v) is 3.58. The van der Waals surface area contributed by atoms with Crippen LogP contribution in [0.1, 0.15) is 5.69 Å². The van der Waals surface area contributed by atoms with Crippen LogP contribution in [0.5, 0.6) is 0 Å². The molecule has 0 spiro atoms. The highest BCUT2D eigenvalue weighted by atomic mass is 79.9. The monoisotopic (exact) mass is 253 g/mol. The summed E-state index contributed by atoms with van der Waals surface area (Å²) in [6, 6.07) is 1.89. The molecular weight excluding hydrogens is 246 g/mol. The summed E-state index contributed by atoms with van der Waals surface area (Å²) in [5.74, 6) is 0.600. The average Bonchev–Trinajstić information content (AvgIpc) is 2.70. The molecule has 0 atom stereocenters. The summed E-state index contributed by atoms with van der Waals surface area (Å²) in [6.07, 6.45) is 5.10. The van der Waals surface area contributed by atoms with Gasteiger partial charge in [-0.05, 0) is 22.0 Å². The Hall–Kier alpha value is -1.43. The Kier molecular flexibility index (Phi) is 2.73. The average molecular weight is 254 g/mol. The molecule has 2 aromatic rings. The molecule has 2 heterocycles. The summed E-state index contributed by atoms with van der Waals surface area (Å²) in [5, 5.41) is 9.74. The fraction of sp³-hybridized carbons (Fsp3) is 0.125. The lowest BCUT2D eigenvalue weighted by atomic mass is 10.4. The normalized spacial score (nSPS) is 10.1. The van der Waals surface area contributed by atoms with Gasteiger partial charge in [-0.15, -0.1) is 0 Å². The molecule has 0 saturated carbocycles. The largest absolute Gasteiger partial charge is 0.349 e. The predicted octanol–water partition coefficient (Wildman–Crippen LogP) is 1.57. The number of hydrogen-bond acceptors (Lipinski definition) is 4. The van der Waals surface area contributed by atoms with Gasteiger partial charge in [0.15, 0.2) is 0 Å². The van der Waals surface area contributed by atoms with Crippen molar-refractivity contribution >= 4 is 21.9 Å². The number of aromatic amines is 1. The van der Waals surface area contributed by atoms with Crippen molar-refractivity contribution in [3.8, 4) is 0 Å². The molecule has 5 nitrogen and oxygen atoms in total. The zero-order valence-corrected chi connectivity index (χ0v) is 8.82. The standard InChI is InChI=1S/C8H8BrN5/c9-6-3-10-8(11-4-6)12-5-7-1-2-13-14-7/h1-4H,5H2,(H,13,14)(H,10,11,12). The van der Waals surface area contributed by atoms with Crippen molar-refractivity contribution in [2.75, 3.05) is 5.32 Å². The molecule has 0 radical (unpaired) electrons. The molecule has 0 aliphatic rings. The summed E-state index contributed by atoms with van der Waals surface area (Å²) in [4.78, 5) is 8.15. The minimum Gasteiger partial charge on any atom is -0.349 e. The van der Waals surface area contributed by atoms with Crippen LogP contribution in [0, 0.1) is 0 Å². The van der Waals surface area contributed by atoms with Crippen LogP contribution in [-0.2, 0) is 6.54 Å². The Morgan fingerprint density at radius 2 is 2.14 bits per heavy atom. The van der Waals surface area contributed by atoms with Crippen LogP contribution >= 0.6 is 15.9 Å². The number of H-pyrrole nitrogens is 1. The summed E-state index contributed by atoms with van der Waals surface area (Å²) in [5.41, 5.74) is 0.997. The van der Waals surface area contributed by atoms with Gasteiger partial charge in [0.05, 0.1) is 16.7 Å². The maximum Gasteiger partial charge on any atom is 0.222 e. The Labute approximate surface area is 89.1 Å². The van der Waals surface area contributed by atoms with Crippen LogP contribution < -0.4 is 5.32 Å². The van der Waals surface area contributed by atoms with E-state index in [9.17, 15) is 0 Å². The third-order valence-corrected chi connectivity index (χ3v) is 2.03. The first-order valence-corrected chi connectivity index (χ1v) is 4.83. The van der Waals surface area contributed by atoms with Crippen molar-refractivity contribution in [3.63, 3.8) is 0 Å². The number of anilines is 1. The number of rotatable bonds is 3. The van der Waals surface area contributed by atoms with E-state index in [1.54, 1.807) is 18.6 Å².